The standard InChI is InChI=1S/C16H19NO2/c1-3-18-15-9-8-13(12-16(15)19-4-2)11-14-7-5-6-10-17-14/h5-10,12H,3-4,11H2,1-2H3. The third kappa shape index (κ3) is 3.71. The fraction of sp³-hybridized carbons (Fsp3) is 0.312. The van der Waals surface area contributed by atoms with Gasteiger partial charge in [-0.1, -0.05) is 12.1 Å². The summed E-state index contributed by atoms with van der Waals surface area (Å²) in [6.07, 6.45) is 2.61. The molecule has 0 saturated carbocycles. The van der Waals surface area contributed by atoms with Crippen molar-refractivity contribution in [2.75, 3.05) is 13.2 Å². The molecule has 0 spiro atoms. The predicted octanol–water partition coefficient (Wildman–Crippen LogP) is 3.47. The molecule has 3 heteroatoms. The summed E-state index contributed by atoms with van der Waals surface area (Å²) < 4.78 is 11.2. The van der Waals surface area contributed by atoms with Crippen molar-refractivity contribution in [1.29, 1.82) is 0 Å². The lowest BCUT2D eigenvalue weighted by molar-refractivity contribution is 0.287. The van der Waals surface area contributed by atoms with Crippen LogP contribution >= 0.6 is 0 Å². The molecule has 2 rings (SSSR count). The first-order valence-corrected chi connectivity index (χ1v) is 6.62. The fourth-order valence-corrected chi connectivity index (χ4v) is 1.92. The van der Waals surface area contributed by atoms with Crippen LogP contribution in [0.4, 0.5) is 0 Å². The van der Waals surface area contributed by atoms with Crippen molar-refractivity contribution >= 4 is 0 Å². The minimum Gasteiger partial charge on any atom is -0.490 e. The fourth-order valence-electron chi connectivity index (χ4n) is 1.92. The van der Waals surface area contributed by atoms with Gasteiger partial charge in [-0.2, -0.15) is 0 Å². The van der Waals surface area contributed by atoms with E-state index in [1.165, 1.54) is 5.56 Å². The highest BCUT2D eigenvalue weighted by Gasteiger charge is 2.06. The molecule has 2 aromatic rings. The summed E-state index contributed by atoms with van der Waals surface area (Å²) in [5.41, 5.74) is 2.22. The van der Waals surface area contributed by atoms with Gasteiger partial charge in [-0.3, -0.25) is 4.98 Å². The van der Waals surface area contributed by atoms with E-state index in [0.29, 0.717) is 13.2 Å². The van der Waals surface area contributed by atoms with Gasteiger partial charge >= 0.3 is 0 Å². The van der Waals surface area contributed by atoms with Crippen LogP contribution in [-0.4, -0.2) is 18.2 Å². The molecule has 0 radical (unpaired) electrons. The summed E-state index contributed by atoms with van der Waals surface area (Å²) in [5.74, 6) is 1.60. The molecule has 0 fully saturated rings. The molecule has 19 heavy (non-hydrogen) atoms. The molecule has 100 valence electrons. The Kier molecular flexibility index (Phi) is 4.78. The first kappa shape index (κ1) is 13.4. The van der Waals surface area contributed by atoms with E-state index in [-0.39, 0.29) is 0 Å². The monoisotopic (exact) mass is 257 g/mol. The van der Waals surface area contributed by atoms with Gasteiger partial charge in [0, 0.05) is 18.3 Å². The molecule has 0 aliphatic carbocycles. The Hall–Kier alpha value is -2.03. The minimum atomic E-state index is 0.632. The van der Waals surface area contributed by atoms with Gasteiger partial charge in [0.25, 0.3) is 0 Å². The lowest BCUT2D eigenvalue weighted by Crippen LogP contribution is -2.00. The van der Waals surface area contributed by atoms with Crippen LogP contribution in [0.3, 0.4) is 0 Å². The third-order valence-electron chi connectivity index (χ3n) is 2.72. The van der Waals surface area contributed by atoms with Crippen LogP contribution in [0.5, 0.6) is 11.5 Å². The first-order valence-electron chi connectivity index (χ1n) is 6.62. The predicted molar refractivity (Wildman–Crippen MR) is 75.8 cm³/mol. The summed E-state index contributed by atoms with van der Waals surface area (Å²) >= 11 is 0. The summed E-state index contributed by atoms with van der Waals surface area (Å²) in [6.45, 7) is 5.21. The number of aromatic nitrogens is 1. The molecular formula is C16H19NO2. The van der Waals surface area contributed by atoms with E-state index in [9.17, 15) is 0 Å². The number of ether oxygens (including phenoxy) is 2. The van der Waals surface area contributed by atoms with E-state index >= 15 is 0 Å². The van der Waals surface area contributed by atoms with Crippen molar-refractivity contribution in [3.63, 3.8) is 0 Å². The van der Waals surface area contributed by atoms with Gasteiger partial charge in [-0.15, -0.1) is 0 Å². The Labute approximate surface area is 114 Å². The molecule has 0 amide bonds. The van der Waals surface area contributed by atoms with Crippen LogP contribution < -0.4 is 9.47 Å². The largest absolute Gasteiger partial charge is 0.490 e. The van der Waals surface area contributed by atoms with Crippen molar-refractivity contribution < 1.29 is 9.47 Å². The third-order valence-corrected chi connectivity index (χ3v) is 2.72. The van der Waals surface area contributed by atoms with Crippen molar-refractivity contribution in [1.82, 2.24) is 4.98 Å². The van der Waals surface area contributed by atoms with Crippen LogP contribution in [0.2, 0.25) is 0 Å². The zero-order chi connectivity index (χ0) is 13.5. The van der Waals surface area contributed by atoms with Gasteiger partial charge in [-0.25, -0.2) is 0 Å². The SMILES string of the molecule is CCOc1ccc(Cc2ccccn2)cc1OCC. The van der Waals surface area contributed by atoms with E-state index in [0.717, 1.165) is 23.6 Å². The number of hydrogen-bond acceptors (Lipinski definition) is 3. The highest BCUT2D eigenvalue weighted by Crippen LogP contribution is 2.29. The zero-order valence-electron chi connectivity index (χ0n) is 11.4. The molecular weight excluding hydrogens is 238 g/mol. The smallest absolute Gasteiger partial charge is 0.161 e. The maximum atomic E-state index is 5.62. The molecule has 0 bridgehead atoms. The van der Waals surface area contributed by atoms with Crippen LogP contribution in [0, 0.1) is 0 Å². The molecule has 1 heterocycles. The van der Waals surface area contributed by atoms with E-state index in [2.05, 4.69) is 11.1 Å². The van der Waals surface area contributed by atoms with E-state index in [1.807, 2.05) is 50.4 Å². The molecule has 0 unspecified atom stereocenters. The van der Waals surface area contributed by atoms with Gasteiger partial charge in [-0.05, 0) is 43.7 Å². The number of benzene rings is 1. The Morgan fingerprint density at radius 3 is 2.42 bits per heavy atom. The summed E-state index contributed by atoms with van der Waals surface area (Å²) in [6, 6.07) is 12.0. The Balaban J connectivity index is 2.20. The molecule has 0 atom stereocenters. The maximum absolute atomic E-state index is 5.62. The lowest BCUT2D eigenvalue weighted by atomic mass is 10.1. The lowest BCUT2D eigenvalue weighted by Gasteiger charge is -2.12. The molecule has 0 aliphatic heterocycles. The summed E-state index contributed by atoms with van der Waals surface area (Å²) in [4.78, 5) is 4.34. The van der Waals surface area contributed by atoms with E-state index in [4.69, 9.17) is 9.47 Å². The number of rotatable bonds is 6. The maximum Gasteiger partial charge on any atom is 0.161 e. The van der Waals surface area contributed by atoms with Gasteiger partial charge in [0.1, 0.15) is 0 Å². The van der Waals surface area contributed by atoms with Gasteiger partial charge < -0.3 is 9.47 Å². The van der Waals surface area contributed by atoms with Crippen LogP contribution in [-0.2, 0) is 6.42 Å². The Morgan fingerprint density at radius 1 is 0.947 bits per heavy atom. The second-order valence-electron chi connectivity index (χ2n) is 4.14. The van der Waals surface area contributed by atoms with Crippen molar-refractivity contribution in [3.05, 3.63) is 53.9 Å². The highest BCUT2D eigenvalue weighted by atomic mass is 16.5. The van der Waals surface area contributed by atoms with Crippen LogP contribution in [0.25, 0.3) is 0 Å². The molecule has 0 saturated heterocycles. The van der Waals surface area contributed by atoms with Crippen molar-refractivity contribution in [2.45, 2.75) is 20.3 Å². The topological polar surface area (TPSA) is 31.4 Å². The molecule has 0 N–H and O–H groups in total. The molecule has 1 aromatic carbocycles. The van der Waals surface area contributed by atoms with Crippen molar-refractivity contribution in [3.8, 4) is 11.5 Å². The minimum absolute atomic E-state index is 0.632. The average Bonchev–Trinajstić information content (AvgIpc) is 2.43. The van der Waals surface area contributed by atoms with E-state index < -0.39 is 0 Å². The van der Waals surface area contributed by atoms with Crippen LogP contribution in [0.15, 0.2) is 42.6 Å². The Bertz CT molecular complexity index is 511. The zero-order valence-corrected chi connectivity index (χ0v) is 11.4. The number of nitrogens with zero attached hydrogens (tertiary/aromatic N) is 1. The second kappa shape index (κ2) is 6.78. The van der Waals surface area contributed by atoms with E-state index in [1.54, 1.807) is 0 Å². The summed E-state index contributed by atoms with van der Waals surface area (Å²) in [7, 11) is 0. The first-order chi connectivity index (χ1) is 9.33. The average molecular weight is 257 g/mol. The van der Waals surface area contributed by atoms with Crippen LogP contribution in [0.1, 0.15) is 25.1 Å². The van der Waals surface area contributed by atoms with Gasteiger partial charge in [0.05, 0.1) is 13.2 Å². The quantitative estimate of drug-likeness (QED) is 0.794. The summed E-state index contributed by atoms with van der Waals surface area (Å²) in [5, 5.41) is 0. The number of pyridine rings is 1. The highest BCUT2D eigenvalue weighted by molar-refractivity contribution is 5.43. The van der Waals surface area contributed by atoms with Gasteiger partial charge in [0.2, 0.25) is 0 Å². The normalized spacial score (nSPS) is 10.2. The molecule has 1 aromatic heterocycles. The van der Waals surface area contributed by atoms with Crippen molar-refractivity contribution in [2.24, 2.45) is 0 Å². The Morgan fingerprint density at radius 2 is 1.74 bits per heavy atom. The van der Waals surface area contributed by atoms with Gasteiger partial charge in [0.15, 0.2) is 11.5 Å². The number of hydrogen-bond donors (Lipinski definition) is 0. The molecule has 0 aliphatic rings. The second-order valence-corrected chi connectivity index (χ2v) is 4.14. The molecule has 3 nitrogen and oxygen atoms in total.